The van der Waals surface area contributed by atoms with Crippen LogP contribution in [-0.2, 0) is 0 Å². The minimum absolute atomic E-state index is 0.289. The molecule has 1 heterocycles. The largest absolute Gasteiger partial charge is 0.278 e. The number of nitrogens with one attached hydrogen (secondary N) is 1. The van der Waals surface area contributed by atoms with E-state index in [1.54, 1.807) is 42.7 Å². The van der Waals surface area contributed by atoms with Gasteiger partial charge in [0.05, 0.1) is 11.9 Å². The Hall–Kier alpha value is -2.23. The van der Waals surface area contributed by atoms with E-state index in [1.807, 2.05) is 0 Å². The third-order valence-corrected chi connectivity index (χ3v) is 1.98. The Labute approximate surface area is 92.7 Å². The van der Waals surface area contributed by atoms with Gasteiger partial charge in [0.15, 0.2) is 0 Å². The highest BCUT2D eigenvalue weighted by Gasteiger charge is 1.95. The van der Waals surface area contributed by atoms with Crippen LogP contribution in [0.4, 0.5) is 10.1 Å². The van der Waals surface area contributed by atoms with Crippen LogP contribution in [-0.4, -0.2) is 11.2 Å². The molecule has 0 aliphatic heterocycles. The van der Waals surface area contributed by atoms with Gasteiger partial charge in [-0.3, -0.25) is 10.4 Å². The van der Waals surface area contributed by atoms with Crippen molar-refractivity contribution < 1.29 is 4.39 Å². The van der Waals surface area contributed by atoms with Gasteiger partial charge in [0.1, 0.15) is 5.82 Å². The van der Waals surface area contributed by atoms with E-state index in [9.17, 15) is 4.39 Å². The summed E-state index contributed by atoms with van der Waals surface area (Å²) >= 11 is 0. The second kappa shape index (κ2) is 5.02. The monoisotopic (exact) mass is 215 g/mol. The van der Waals surface area contributed by atoms with Crippen molar-refractivity contribution in [1.82, 2.24) is 4.98 Å². The summed E-state index contributed by atoms with van der Waals surface area (Å²) in [6.07, 6.45) is 4.75. The fourth-order valence-electron chi connectivity index (χ4n) is 1.18. The van der Waals surface area contributed by atoms with Crippen LogP contribution in [0.2, 0.25) is 0 Å². The number of halogens is 1. The van der Waals surface area contributed by atoms with Crippen molar-refractivity contribution in [3.63, 3.8) is 0 Å². The first-order valence-corrected chi connectivity index (χ1v) is 4.80. The van der Waals surface area contributed by atoms with E-state index in [1.165, 1.54) is 12.3 Å². The molecule has 4 heteroatoms. The van der Waals surface area contributed by atoms with Gasteiger partial charge in [-0.25, -0.2) is 4.39 Å². The Morgan fingerprint density at radius 2 is 1.88 bits per heavy atom. The second-order valence-electron chi connectivity index (χ2n) is 3.13. The van der Waals surface area contributed by atoms with Crippen molar-refractivity contribution in [3.8, 4) is 0 Å². The van der Waals surface area contributed by atoms with Gasteiger partial charge in [-0.2, -0.15) is 5.10 Å². The molecule has 1 aromatic heterocycles. The molecule has 3 nitrogen and oxygen atoms in total. The molecular formula is C12H10FN3. The molecule has 0 fully saturated rings. The summed E-state index contributed by atoms with van der Waals surface area (Å²) in [7, 11) is 0. The van der Waals surface area contributed by atoms with E-state index < -0.39 is 0 Å². The summed E-state index contributed by atoms with van der Waals surface area (Å²) in [6.45, 7) is 0. The summed E-state index contributed by atoms with van der Waals surface area (Å²) < 4.78 is 13.2. The molecule has 0 aliphatic carbocycles. The van der Waals surface area contributed by atoms with Crippen molar-refractivity contribution in [2.24, 2.45) is 5.10 Å². The number of anilines is 1. The summed E-state index contributed by atoms with van der Waals surface area (Å²) in [5.74, 6) is -0.289. The Bertz CT molecular complexity index is 483. The van der Waals surface area contributed by atoms with E-state index in [0.717, 1.165) is 5.69 Å². The zero-order valence-electron chi connectivity index (χ0n) is 8.47. The van der Waals surface area contributed by atoms with Crippen LogP contribution >= 0.6 is 0 Å². The Morgan fingerprint density at radius 1 is 1.12 bits per heavy atom. The van der Waals surface area contributed by atoms with Crippen LogP contribution in [0.5, 0.6) is 0 Å². The summed E-state index contributed by atoms with van der Waals surface area (Å²) in [4.78, 5) is 3.87. The van der Waals surface area contributed by atoms with Crippen molar-refractivity contribution in [3.05, 3.63) is 60.2 Å². The van der Waals surface area contributed by atoms with E-state index in [2.05, 4.69) is 15.5 Å². The smallest absolute Gasteiger partial charge is 0.132 e. The van der Waals surface area contributed by atoms with E-state index in [-0.39, 0.29) is 5.82 Å². The molecule has 2 rings (SSSR count). The average Bonchev–Trinajstić information content (AvgIpc) is 2.33. The quantitative estimate of drug-likeness (QED) is 0.631. The molecule has 0 amide bonds. The van der Waals surface area contributed by atoms with Crippen LogP contribution in [0.15, 0.2) is 53.9 Å². The molecule has 0 spiro atoms. The zero-order chi connectivity index (χ0) is 11.2. The fraction of sp³-hybridized carbons (Fsp3) is 0. The molecule has 1 aromatic carbocycles. The van der Waals surface area contributed by atoms with Crippen LogP contribution in [0.3, 0.4) is 0 Å². The number of aromatic nitrogens is 1. The maximum atomic E-state index is 13.2. The van der Waals surface area contributed by atoms with Crippen LogP contribution < -0.4 is 5.43 Å². The van der Waals surface area contributed by atoms with Gasteiger partial charge in [-0.1, -0.05) is 18.2 Å². The first-order valence-electron chi connectivity index (χ1n) is 4.80. The summed E-state index contributed by atoms with van der Waals surface area (Å²) in [5, 5.41) is 3.93. The van der Waals surface area contributed by atoms with E-state index in [0.29, 0.717) is 5.56 Å². The predicted octanol–water partition coefficient (Wildman–Crippen LogP) is 2.67. The molecule has 16 heavy (non-hydrogen) atoms. The van der Waals surface area contributed by atoms with Crippen molar-refractivity contribution >= 4 is 11.9 Å². The minimum atomic E-state index is -0.289. The molecule has 1 N–H and O–H groups in total. The highest BCUT2D eigenvalue weighted by atomic mass is 19.1. The lowest BCUT2D eigenvalue weighted by Crippen LogP contribution is -1.92. The van der Waals surface area contributed by atoms with Gasteiger partial charge in [-0.05, 0) is 18.2 Å². The van der Waals surface area contributed by atoms with Gasteiger partial charge in [0, 0.05) is 18.0 Å². The molecule has 0 saturated carbocycles. The molecule has 80 valence electrons. The highest BCUT2D eigenvalue weighted by molar-refractivity contribution is 5.80. The number of hydrogen-bond donors (Lipinski definition) is 1. The van der Waals surface area contributed by atoms with Gasteiger partial charge >= 0.3 is 0 Å². The fourth-order valence-corrected chi connectivity index (χ4v) is 1.18. The first kappa shape index (κ1) is 10.3. The van der Waals surface area contributed by atoms with Crippen LogP contribution in [0, 0.1) is 5.82 Å². The number of pyridine rings is 1. The Kier molecular flexibility index (Phi) is 3.23. The third kappa shape index (κ3) is 2.63. The molecule has 2 aromatic rings. The molecule has 0 aliphatic rings. The number of hydrogen-bond acceptors (Lipinski definition) is 3. The molecular weight excluding hydrogens is 205 g/mol. The van der Waals surface area contributed by atoms with Gasteiger partial charge in [-0.15, -0.1) is 0 Å². The number of benzene rings is 1. The summed E-state index contributed by atoms with van der Waals surface area (Å²) in [5.41, 5.74) is 4.04. The lowest BCUT2D eigenvalue weighted by atomic mass is 10.2. The van der Waals surface area contributed by atoms with Gasteiger partial charge < -0.3 is 0 Å². The van der Waals surface area contributed by atoms with Crippen molar-refractivity contribution in [1.29, 1.82) is 0 Å². The Balaban J connectivity index is 2.03. The van der Waals surface area contributed by atoms with Crippen LogP contribution in [0.1, 0.15) is 5.56 Å². The lowest BCUT2D eigenvalue weighted by Gasteiger charge is -1.98. The number of rotatable bonds is 3. The molecule has 0 unspecified atom stereocenters. The SMILES string of the molecule is Fc1ccccc1/C=N/Nc1ccncc1. The average molecular weight is 215 g/mol. The standard InChI is InChI=1S/C12H10FN3/c13-12-4-2-1-3-10(12)9-15-16-11-5-7-14-8-6-11/h1-9H,(H,14,16)/b15-9+. The molecule has 0 atom stereocenters. The van der Waals surface area contributed by atoms with E-state index >= 15 is 0 Å². The third-order valence-electron chi connectivity index (χ3n) is 1.98. The first-order chi connectivity index (χ1) is 7.86. The van der Waals surface area contributed by atoms with Gasteiger partial charge in [0.25, 0.3) is 0 Å². The van der Waals surface area contributed by atoms with Crippen molar-refractivity contribution in [2.75, 3.05) is 5.43 Å². The highest BCUT2D eigenvalue weighted by Crippen LogP contribution is 2.05. The van der Waals surface area contributed by atoms with Gasteiger partial charge in [0.2, 0.25) is 0 Å². The van der Waals surface area contributed by atoms with E-state index in [4.69, 9.17) is 0 Å². The topological polar surface area (TPSA) is 37.3 Å². The van der Waals surface area contributed by atoms with Crippen LogP contribution in [0.25, 0.3) is 0 Å². The molecule has 0 radical (unpaired) electrons. The normalized spacial score (nSPS) is 10.6. The molecule has 0 saturated heterocycles. The summed E-state index contributed by atoms with van der Waals surface area (Å²) in [6, 6.07) is 10.0. The Morgan fingerprint density at radius 3 is 2.62 bits per heavy atom. The van der Waals surface area contributed by atoms with Crippen molar-refractivity contribution in [2.45, 2.75) is 0 Å². The lowest BCUT2D eigenvalue weighted by molar-refractivity contribution is 0.626. The zero-order valence-corrected chi connectivity index (χ0v) is 8.47. The second-order valence-corrected chi connectivity index (χ2v) is 3.13. The minimum Gasteiger partial charge on any atom is -0.278 e. The predicted molar refractivity (Wildman–Crippen MR) is 61.9 cm³/mol. The maximum absolute atomic E-state index is 13.2. The number of nitrogens with zero attached hydrogens (tertiary/aromatic N) is 2. The maximum Gasteiger partial charge on any atom is 0.132 e. The number of hydrazone groups is 1. The molecule has 0 bridgehead atoms.